The lowest BCUT2D eigenvalue weighted by atomic mass is 9.89. The van der Waals surface area contributed by atoms with Gasteiger partial charge in [-0.1, -0.05) is 48.6 Å². The van der Waals surface area contributed by atoms with Crippen LogP contribution in [0.4, 0.5) is 5.69 Å². The Morgan fingerprint density at radius 2 is 1.76 bits per heavy atom. The van der Waals surface area contributed by atoms with Crippen LogP contribution >= 0.6 is 0 Å². The fraction of sp³-hybridized carbons (Fsp3) is 0.414. The van der Waals surface area contributed by atoms with Crippen molar-refractivity contribution in [3.8, 4) is 0 Å². The Balaban J connectivity index is 1.12. The van der Waals surface area contributed by atoms with Gasteiger partial charge in [0.1, 0.15) is 0 Å². The monoisotopic (exact) mass is 521 g/mol. The van der Waals surface area contributed by atoms with Gasteiger partial charge in [-0.2, -0.15) is 4.31 Å². The van der Waals surface area contributed by atoms with Gasteiger partial charge in [0.25, 0.3) is 5.91 Å². The third-order valence-corrected chi connectivity index (χ3v) is 9.35. The third kappa shape index (κ3) is 6.38. The SMILES string of the molecule is O=C(Nc1ccc(S(=O)(=O)N2CCOCC2)cc1)C1=CCC(CN2CCCC(c3ccccc3)C2)C=C1. The van der Waals surface area contributed by atoms with Crippen LogP contribution in [0.5, 0.6) is 0 Å². The highest BCUT2D eigenvalue weighted by Crippen LogP contribution is 2.28. The number of allylic oxidation sites excluding steroid dienone is 1. The molecule has 37 heavy (non-hydrogen) atoms. The summed E-state index contributed by atoms with van der Waals surface area (Å²) in [5, 5.41) is 2.89. The maximum atomic E-state index is 12.8. The molecule has 7 nitrogen and oxygen atoms in total. The van der Waals surface area contributed by atoms with E-state index in [9.17, 15) is 13.2 Å². The number of likely N-dealkylation sites (tertiary alicyclic amines) is 1. The Hall–Kier alpha value is -2.78. The molecule has 1 N–H and O–H groups in total. The van der Waals surface area contributed by atoms with Crippen LogP contribution in [-0.2, 0) is 19.6 Å². The molecule has 0 bridgehead atoms. The van der Waals surface area contributed by atoms with Gasteiger partial charge in [-0.15, -0.1) is 0 Å². The molecule has 8 heteroatoms. The zero-order valence-electron chi connectivity index (χ0n) is 21.1. The molecule has 1 aliphatic carbocycles. The zero-order chi connectivity index (χ0) is 25.7. The van der Waals surface area contributed by atoms with Crippen molar-refractivity contribution < 1.29 is 17.9 Å². The summed E-state index contributed by atoms with van der Waals surface area (Å²) in [6.07, 6.45) is 9.37. The van der Waals surface area contributed by atoms with E-state index in [1.54, 1.807) is 24.3 Å². The lowest BCUT2D eigenvalue weighted by Crippen LogP contribution is -2.40. The number of ether oxygens (including phenoxy) is 1. The van der Waals surface area contributed by atoms with Gasteiger partial charge >= 0.3 is 0 Å². The van der Waals surface area contributed by atoms with E-state index in [4.69, 9.17) is 4.74 Å². The minimum Gasteiger partial charge on any atom is -0.379 e. The fourth-order valence-electron chi connectivity index (χ4n) is 5.37. The number of rotatable bonds is 7. The highest BCUT2D eigenvalue weighted by molar-refractivity contribution is 7.89. The van der Waals surface area contributed by atoms with Crippen molar-refractivity contribution >= 4 is 21.6 Å². The minimum absolute atomic E-state index is 0.180. The molecular formula is C29H35N3O4S. The van der Waals surface area contributed by atoms with Crippen molar-refractivity contribution in [2.45, 2.75) is 30.1 Å². The molecule has 0 aromatic heterocycles. The summed E-state index contributed by atoms with van der Waals surface area (Å²) < 4.78 is 32.3. The first kappa shape index (κ1) is 25.9. The molecule has 1 amide bonds. The first-order valence-electron chi connectivity index (χ1n) is 13.1. The van der Waals surface area contributed by atoms with E-state index in [-0.39, 0.29) is 10.8 Å². The molecule has 2 saturated heterocycles. The van der Waals surface area contributed by atoms with Crippen LogP contribution in [0.15, 0.2) is 83.3 Å². The molecule has 2 aliphatic heterocycles. The Kier molecular flexibility index (Phi) is 8.20. The zero-order valence-corrected chi connectivity index (χ0v) is 21.9. The quantitative estimate of drug-likeness (QED) is 0.595. The van der Waals surface area contributed by atoms with E-state index in [1.165, 1.54) is 22.7 Å². The van der Waals surface area contributed by atoms with Gasteiger partial charge in [-0.05, 0) is 67.5 Å². The molecule has 2 heterocycles. The molecule has 0 radical (unpaired) electrons. The smallest absolute Gasteiger partial charge is 0.255 e. The predicted molar refractivity (Wildman–Crippen MR) is 145 cm³/mol. The first-order valence-corrected chi connectivity index (χ1v) is 14.6. The van der Waals surface area contributed by atoms with E-state index in [1.807, 2.05) is 12.2 Å². The topological polar surface area (TPSA) is 79.0 Å². The Bertz CT molecular complexity index is 1240. The van der Waals surface area contributed by atoms with Crippen molar-refractivity contribution in [2.75, 3.05) is 51.3 Å². The number of piperidine rings is 1. The number of hydrogen-bond donors (Lipinski definition) is 1. The second-order valence-electron chi connectivity index (χ2n) is 10.0. The van der Waals surface area contributed by atoms with Gasteiger partial charge < -0.3 is 15.0 Å². The number of nitrogens with zero attached hydrogens (tertiary/aromatic N) is 2. The number of sulfonamides is 1. The lowest BCUT2D eigenvalue weighted by molar-refractivity contribution is -0.112. The van der Waals surface area contributed by atoms with Gasteiger partial charge in [-0.25, -0.2) is 8.42 Å². The largest absolute Gasteiger partial charge is 0.379 e. The number of amides is 1. The van der Waals surface area contributed by atoms with E-state index >= 15 is 0 Å². The number of morpholine rings is 1. The number of benzene rings is 2. The van der Waals surface area contributed by atoms with Gasteiger partial charge in [0.2, 0.25) is 10.0 Å². The van der Waals surface area contributed by atoms with E-state index in [0.717, 1.165) is 26.1 Å². The molecule has 0 spiro atoms. The highest BCUT2D eigenvalue weighted by atomic mass is 32.2. The van der Waals surface area contributed by atoms with E-state index in [2.05, 4.69) is 46.6 Å². The van der Waals surface area contributed by atoms with Crippen LogP contribution in [-0.4, -0.2) is 69.5 Å². The average Bonchev–Trinajstić information content (AvgIpc) is 2.95. The van der Waals surface area contributed by atoms with Crippen molar-refractivity contribution in [1.82, 2.24) is 9.21 Å². The molecule has 2 aromatic carbocycles. The first-order chi connectivity index (χ1) is 18.0. The van der Waals surface area contributed by atoms with E-state index < -0.39 is 10.0 Å². The highest BCUT2D eigenvalue weighted by Gasteiger charge is 2.26. The van der Waals surface area contributed by atoms with Crippen LogP contribution in [0.1, 0.15) is 30.7 Å². The van der Waals surface area contributed by atoms with Crippen molar-refractivity contribution in [3.05, 3.63) is 84.0 Å². The number of hydrogen-bond acceptors (Lipinski definition) is 5. The van der Waals surface area contributed by atoms with Gasteiger partial charge in [0.05, 0.1) is 18.1 Å². The summed E-state index contributed by atoms with van der Waals surface area (Å²) >= 11 is 0. The molecule has 2 fully saturated rings. The predicted octanol–water partition coefficient (Wildman–Crippen LogP) is 4.03. The van der Waals surface area contributed by atoms with Gasteiger partial charge in [-0.3, -0.25) is 4.79 Å². The molecule has 0 saturated carbocycles. The van der Waals surface area contributed by atoms with Crippen LogP contribution in [0.3, 0.4) is 0 Å². The second-order valence-corrected chi connectivity index (χ2v) is 12.0. The van der Waals surface area contributed by atoms with Crippen LogP contribution < -0.4 is 5.32 Å². The summed E-state index contributed by atoms with van der Waals surface area (Å²) in [5.41, 5.74) is 2.64. The number of carbonyl (C=O) groups is 1. The average molecular weight is 522 g/mol. The number of anilines is 1. The molecule has 2 unspecified atom stereocenters. The molecule has 3 aliphatic rings. The van der Waals surface area contributed by atoms with Crippen molar-refractivity contribution in [1.29, 1.82) is 0 Å². The third-order valence-electron chi connectivity index (χ3n) is 7.44. The van der Waals surface area contributed by atoms with Gasteiger partial charge in [0.15, 0.2) is 0 Å². The fourth-order valence-corrected chi connectivity index (χ4v) is 6.78. The Labute approximate surface area is 219 Å². The summed E-state index contributed by atoms with van der Waals surface area (Å²) in [4.78, 5) is 15.6. The van der Waals surface area contributed by atoms with Crippen molar-refractivity contribution in [3.63, 3.8) is 0 Å². The lowest BCUT2D eigenvalue weighted by Gasteiger charge is -2.35. The number of carbonyl (C=O) groups excluding carboxylic acids is 1. The normalized spacial score (nSPS) is 23.4. The molecule has 2 atom stereocenters. The second kappa shape index (κ2) is 11.7. The van der Waals surface area contributed by atoms with Crippen LogP contribution in [0.25, 0.3) is 0 Å². The van der Waals surface area contributed by atoms with Crippen molar-refractivity contribution in [2.24, 2.45) is 5.92 Å². The minimum atomic E-state index is -3.55. The Morgan fingerprint density at radius 3 is 2.46 bits per heavy atom. The molecule has 196 valence electrons. The van der Waals surface area contributed by atoms with E-state index in [0.29, 0.717) is 49.4 Å². The Morgan fingerprint density at radius 1 is 1.00 bits per heavy atom. The van der Waals surface area contributed by atoms with Crippen LogP contribution in [0.2, 0.25) is 0 Å². The molecule has 2 aromatic rings. The van der Waals surface area contributed by atoms with Crippen LogP contribution in [0, 0.1) is 5.92 Å². The summed E-state index contributed by atoms with van der Waals surface area (Å²) in [7, 11) is -3.55. The van der Waals surface area contributed by atoms with Gasteiger partial charge in [0, 0.05) is 37.4 Å². The summed E-state index contributed by atoms with van der Waals surface area (Å²) in [6, 6.07) is 17.2. The number of nitrogens with one attached hydrogen (secondary N) is 1. The molecular weight excluding hydrogens is 486 g/mol. The summed E-state index contributed by atoms with van der Waals surface area (Å²) in [5.74, 6) is 0.811. The maximum Gasteiger partial charge on any atom is 0.255 e. The standard InChI is InChI=1S/C29H35N3O4S/c33-29(30-27-12-14-28(15-13-27)37(34,35)32-17-19-36-20-18-32)25-10-8-23(9-11-25)21-31-16-4-7-26(22-31)24-5-2-1-3-6-24/h1-3,5-6,8,10-15,23,26H,4,7,9,16-22H2,(H,30,33). The maximum absolute atomic E-state index is 12.8. The molecule has 5 rings (SSSR count). The summed E-state index contributed by atoms with van der Waals surface area (Å²) in [6.45, 7) is 4.74.